The van der Waals surface area contributed by atoms with Gasteiger partial charge < -0.3 is 4.74 Å². The summed E-state index contributed by atoms with van der Waals surface area (Å²) in [4.78, 5) is 10.4. The molecule has 0 aliphatic heterocycles. The summed E-state index contributed by atoms with van der Waals surface area (Å²) in [6, 6.07) is 0. The lowest BCUT2D eigenvalue weighted by molar-refractivity contribution is -0.139. The SMILES string of the molecule is CCS(=O)(=O)NCC(=O)OC. The molecule has 0 aromatic rings. The van der Waals surface area contributed by atoms with E-state index in [-0.39, 0.29) is 12.3 Å². The number of carbonyl (C=O) groups excluding carboxylic acids is 1. The summed E-state index contributed by atoms with van der Waals surface area (Å²) in [5, 5.41) is 0. The Morgan fingerprint density at radius 3 is 2.45 bits per heavy atom. The summed E-state index contributed by atoms with van der Waals surface area (Å²) in [6.07, 6.45) is 0. The number of hydrogen-bond acceptors (Lipinski definition) is 4. The van der Waals surface area contributed by atoms with Crippen molar-refractivity contribution in [2.24, 2.45) is 0 Å². The van der Waals surface area contributed by atoms with E-state index in [1.54, 1.807) is 0 Å². The predicted octanol–water partition coefficient (Wildman–Crippen LogP) is -0.901. The topological polar surface area (TPSA) is 72.5 Å². The molecule has 11 heavy (non-hydrogen) atoms. The smallest absolute Gasteiger partial charge is 0.320 e. The van der Waals surface area contributed by atoms with E-state index in [0.29, 0.717) is 0 Å². The van der Waals surface area contributed by atoms with E-state index in [2.05, 4.69) is 9.46 Å². The normalized spacial score (nSPS) is 11.1. The van der Waals surface area contributed by atoms with Gasteiger partial charge in [-0.15, -0.1) is 0 Å². The Bertz CT molecular complexity index is 221. The first-order valence-electron chi connectivity index (χ1n) is 3.06. The van der Waals surface area contributed by atoms with Crippen molar-refractivity contribution < 1.29 is 17.9 Å². The highest BCUT2D eigenvalue weighted by atomic mass is 32.2. The second-order valence-corrected chi connectivity index (χ2v) is 3.90. The molecule has 0 fully saturated rings. The van der Waals surface area contributed by atoms with Gasteiger partial charge in [-0.2, -0.15) is 0 Å². The van der Waals surface area contributed by atoms with Crippen LogP contribution >= 0.6 is 0 Å². The average molecular weight is 181 g/mol. The molecular weight excluding hydrogens is 170 g/mol. The van der Waals surface area contributed by atoms with Crippen LogP contribution in [0.4, 0.5) is 0 Å². The van der Waals surface area contributed by atoms with Crippen LogP contribution in [0.5, 0.6) is 0 Å². The number of carbonyl (C=O) groups is 1. The van der Waals surface area contributed by atoms with Gasteiger partial charge in [-0.3, -0.25) is 4.79 Å². The Morgan fingerprint density at radius 2 is 2.09 bits per heavy atom. The predicted molar refractivity (Wildman–Crippen MR) is 39.5 cm³/mol. The van der Waals surface area contributed by atoms with Crippen molar-refractivity contribution in [3.05, 3.63) is 0 Å². The fourth-order valence-corrected chi connectivity index (χ4v) is 0.885. The zero-order valence-corrected chi connectivity index (χ0v) is 7.27. The lowest BCUT2D eigenvalue weighted by atomic mass is 10.7. The van der Waals surface area contributed by atoms with Crippen LogP contribution in [0.25, 0.3) is 0 Å². The van der Waals surface area contributed by atoms with Crippen LogP contribution in [0, 0.1) is 0 Å². The van der Waals surface area contributed by atoms with Crippen molar-refractivity contribution in [2.75, 3.05) is 19.4 Å². The van der Waals surface area contributed by atoms with Gasteiger partial charge in [0.15, 0.2) is 0 Å². The van der Waals surface area contributed by atoms with Crippen LogP contribution in [-0.2, 0) is 19.6 Å². The number of ether oxygens (including phenoxy) is 1. The first-order valence-corrected chi connectivity index (χ1v) is 4.71. The monoisotopic (exact) mass is 181 g/mol. The molecule has 0 bridgehead atoms. The first kappa shape index (κ1) is 10.4. The number of methoxy groups -OCH3 is 1. The Kier molecular flexibility index (Phi) is 4.06. The van der Waals surface area contributed by atoms with Crippen LogP contribution < -0.4 is 4.72 Å². The molecule has 0 saturated carbocycles. The lowest BCUT2D eigenvalue weighted by Gasteiger charge is -2.01. The van der Waals surface area contributed by atoms with E-state index in [4.69, 9.17) is 0 Å². The first-order chi connectivity index (χ1) is 5.02. The van der Waals surface area contributed by atoms with Gasteiger partial charge in [0.25, 0.3) is 0 Å². The second-order valence-electron chi connectivity index (χ2n) is 1.80. The second kappa shape index (κ2) is 4.30. The van der Waals surface area contributed by atoms with Crippen molar-refractivity contribution in [1.82, 2.24) is 4.72 Å². The number of sulfonamides is 1. The van der Waals surface area contributed by atoms with E-state index in [0.717, 1.165) is 0 Å². The molecule has 0 heterocycles. The zero-order valence-electron chi connectivity index (χ0n) is 6.46. The van der Waals surface area contributed by atoms with Crippen molar-refractivity contribution in [2.45, 2.75) is 6.92 Å². The standard InChI is InChI=1S/C5H11NO4S/c1-3-11(8,9)6-4-5(7)10-2/h6H,3-4H2,1-2H3. The lowest BCUT2D eigenvalue weighted by Crippen LogP contribution is -2.31. The number of nitrogens with one attached hydrogen (secondary N) is 1. The van der Waals surface area contributed by atoms with Gasteiger partial charge in [0.1, 0.15) is 6.54 Å². The summed E-state index contributed by atoms with van der Waals surface area (Å²) in [6.45, 7) is 1.19. The van der Waals surface area contributed by atoms with Gasteiger partial charge in [-0.1, -0.05) is 0 Å². The molecule has 0 atom stereocenters. The van der Waals surface area contributed by atoms with Crippen LogP contribution in [0.1, 0.15) is 6.92 Å². The third-order valence-corrected chi connectivity index (χ3v) is 2.39. The largest absolute Gasteiger partial charge is 0.468 e. The molecule has 66 valence electrons. The average Bonchev–Trinajstić information content (AvgIpc) is 2.00. The third-order valence-electron chi connectivity index (χ3n) is 1.04. The Labute approximate surface area is 65.8 Å². The minimum Gasteiger partial charge on any atom is -0.468 e. The van der Waals surface area contributed by atoms with E-state index < -0.39 is 16.0 Å². The molecule has 0 unspecified atom stereocenters. The van der Waals surface area contributed by atoms with E-state index in [1.807, 2.05) is 0 Å². The molecule has 0 aromatic carbocycles. The highest BCUT2D eigenvalue weighted by molar-refractivity contribution is 7.89. The van der Waals surface area contributed by atoms with Crippen LogP contribution in [0.15, 0.2) is 0 Å². The van der Waals surface area contributed by atoms with E-state index >= 15 is 0 Å². The molecule has 6 heteroatoms. The van der Waals surface area contributed by atoms with Gasteiger partial charge in [-0.25, -0.2) is 13.1 Å². The Balaban J connectivity index is 3.80. The minimum atomic E-state index is -3.28. The van der Waals surface area contributed by atoms with Crippen molar-refractivity contribution in [1.29, 1.82) is 0 Å². The molecule has 0 rings (SSSR count). The number of esters is 1. The molecule has 5 nitrogen and oxygen atoms in total. The molecule has 0 radical (unpaired) electrons. The van der Waals surface area contributed by atoms with Crippen LogP contribution in [0.2, 0.25) is 0 Å². The van der Waals surface area contributed by atoms with Crippen molar-refractivity contribution in [3.8, 4) is 0 Å². The number of rotatable bonds is 4. The Hall–Kier alpha value is -0.620. The van der Waals surface area contributed by atoms with Gasteiger partial charge in [0, 0.05) is 0 Å². The molecule has 1 N–H and O–H groups in total. The Morgan fingerprint density at radius 1 is 1.55 bits per heavy atom. The molecule has 0 spiro atoms. The van der Waals surface area contributed by atoms with Crippen LogP contribution in [-0.4, -0.2) is 33.8 Å². The fraction of sp³-hybridized carbons (Fsp3) is 0.800. The molecule has 0 aliphatic carbocycles. The minimum absolute atomic E-state index is 0.0377. The quantitative estimate of drug-likeness (QED) is 0.570. The number of hydrogen-bond donors (Lipinski definition) is 1. The molecule has 0 aromatic heterocycles. The van der Waals surface area contributed by atoms with Gasteiger partial charge in [0.2, 0.25) is 10.0 Å². The summed E-state index contributed by atoms with van der Waals surface area (Å²) in [7, 11) is -2.08. The molecule has 0 saturated heterocycles. The molecule has 0 aliphatic rings. The van der Waals surface area contributed by atoms with Crippen LogP contribution in [0.3, 0.4) is 0 Å². The maximum absolute atomic E-state index is 10.7. The zero-order chi connectivity index (χ0) is 8.91. The third kappa shape index (κ3) is 4.74. The van der Waals surface area contributed by atoms with Gasteiger partial charge in [0.05, 0.1) is 12.9 Å². The van der Waals surface area contributed by atoms with E-state index in [1.165, 1.54) is 14.0 Å². The molecular formula is C5H11NO4S. The van der Waals surface area contributed by atoms with Crippen molar-refractivity contribution >= 4 is 16.0 Å². The summed E-state index contributed by atoms with van der Waals surface area (Å²) in [5.74, 6) is -0.633. The summed E-state index contributed by atoms with van der Waals surface area (Å²) < 4.78 is 27.7. The fourth-order valence-electron chi connectivity index (χ4n) is 0.343. The maximum atomic E-state index is 10.7. The van der Waals surface area contributed by atoms with Crippen molar-refractivity contribution in [3.63, 3.8) is 0 Å². The highest BCUT2D eigenvalue weighted by Gasteiger charge is 2.08. The summed E-state index contributed by atoms with van der Waals surface area (Å²) in [5.41, 5.74) is 0. The summed E-state index contributed by atoms with van der Waals surface area (Å²) >= 11 is 0. The molecule has 0 amide bonds. The van der Waals surface area contributed by atoms with Gasteiger partial charge >= 0.3 is 5.97 Å². The maximum Gasteiger partial charge on any atom is 0.320 e. The van der Waals surface area contributed by atoms with Gasteiger partial charge in [-0.05, 0) is 6.92 Å². The van der Waals surface area contributed by atoms with E-state index in [9.17, 15) is 13.2 Å². The highest BCUT2D eigenvalue weighted by Crippen LogP contribution is 1.81.